The molecule has 1 aliphatic heterocycles. The molecule has 2 aromatic heterocycles. The highest BCUT2D eigenvalue weighted by molar-refractivity contribution is 7.13. The SMILES string of the molecule is O=C(NCc1csc(-c2cccnc2)n1)c1ccc2c(c1)C(=O)N(Cc1ccccc1)C2=O. The minimum atomic E-state index is -0.394. The Kier molecular flexibility index (Phi) is 5.50. The Morgan fingerprint density at radius 3 is 2.58 bits per heavy atom. The minimum Gasteiger partial charge on any atom is -0.346 e. The predicted molar refractivity (Wildman–Crippen MR) is 124 cm³/mol. The molecular formula is C25H18N4O3S. The molecule has 8 heteroatoms. The number of hydrogen-bond donors (Lipinski definition) is 1. The quantitative estimate of drug-likeness (QED) is 0.446. The number of carbonyl (C=O) groups excluding carboxylic acids is 3. The Hall–Kier alpha value is -4.17. The van der Waals surface area contributed by atoms with Crippen molar-refractivity contribution in [2.45, 2.75) is 13.1 Å². The van der Waals surface area contributed by atoms with E-state index in [9.17, 15) is 14.4 Å². The van der Waals surface area contributed by atoms with Crippen molar-refractivity contribution in [2.24, 2.45) is 0 Å². The molecule has 0 spiro atoms. The van der Waals surface area contributed by atoms with Crippen LogP contribution in [-0.2, 0) is 13.1 Å². The second kappa shape index (κ2) is 8.76. The second-order valence-electron chi connectivity index (χ2n) is 7.51. The highest BCUT2D eigenvalue weighted by Crippen LogP contribution is 2.26. The van der Waals surface area contributed by atoms with Crippen LogP contribution in [0.1, 0.15) is 42.3 Å². The number of hydrogen-bond acceptors (Lipinski definition) is 6. The Balaban J connectivity index is 1.27. The van der Waals surface area contributed by atoms with E-state index in [1.165, 1.54) is 22.3 Å². The van der Waals surface area contributed by atoms with Gasteiger partial charge in [0.25, 0.3) is 17.7 Å². The summed E-state index contributed by atoms with van der Waals surface area (Å²) in [5, 5.41) is 5.54. The van der Waals surface area contributed by atoms with Gasteiger partial charge in [0, 0.05) is 28.9 Å². The van der Waals surface area contributed by atoms with Crippen molar-refractivity contribution >= 4 is 29.1 Å². The molecule has 2 aromatic carbocycles. The van der Waals surface area contributed by atoms with Crippen molar-refractivity contribution in [1.82, 2.24) is 20.2 Å². The molecule has 0 saturated heterocycles. The molecule has 0 fully saturated rings. The fourth-order valence-electron chi connectivity index (χ4n) is 3.62. The number of carbonyl (C=O) groups is 3. The van der Waals surface area contributed by atoms with E-state index in [2.05, 4.69) is 15.3 Å². The molecule has 4 aromatic rings. The van der Waals surface area contributed by atoms with Gasteiger partial charge in [-0.1, -0.05) is 30.3 Å². The van der Waals surface area contributed by atoms with Crippen LogP contribution in [0.25, 0.3) is 10.6 Å². The van der Waals surface area contributed by atoms with Crippen LogP contribution in [0.5, 0.6) is 0 Å². The Labute approximate surface area is 193 Å². The van der Waals surface area contributed by atoms with Gasteiger partial charge in [-0.2, -0.15) is 0 Å². The van der Waals surface area contributed by atoms with Gasteiger partial charge in [-0.05, 0) is 35.9 Å². The first-order valence-corrected chi connectivity index (χ1v) is 11.2. The van der Waals surface area contributed by atoms with E-state index in [1.54, 1.807) is 24.5 Å². The highest BCUT2D eigenvalue weighted by atomic mass is 32.1. The number of nitrogens with zero attached hydrogens (tertiary/aromatic N) is 3. The van der Waals surface area contributed by atoms with Gasteiger partial charge in [0.1, 0.15) is 5.01 Å². The van der Waals surface area contributed by atoms with Crippen molar-refractivity contribution in [3.05, 3.63) is 106 Å². The summed E-state index contributed by atoms with van der Waals surface area (Å²) in [5.41, 5.74) is 3.39. The lowest BCUT2D eigenvalue weighted by Crippen LogP contribution is -2.29. The van der Waals surface area contributed by atoms with Gasteiger partial charge in [0.15, 0.2) is 0 Å². The normalized spacial score (nSPS) is 12.7. The van der Waals surface area contributed by atoms with Crippen LogP contribution in [0, 0.1) is 0 Å². The largest absolute Gasteiger partial charge is 0.346 e. The number of fused-ring (bicyclic) bond motifs is 1. The van der Waals surface area contributed by atoms with Crippen molar-refractivity contribution in [1.29, 1.82) is 0 Å². The first kappa shape index (κ1) is 20.7. The average Bonchev–Trinajstić information content (AvgIpc) is 3.43. The van der Waals surface area contributed by atoms with Crippen molar-refractivity contribution in [2.75, 3.05) is 0 Å². The second-order valence-corrected chi connectivity index (χ2v) is 8.37. The maximum absolute atomic E-state index is 12.9. The van der Waals surface area contributed by atoms with E-state index in [-0.39, 0.29) is 30.5 Å². The lowest BCUT2D eigenvalue weighted by molar-refractivity contribution is 0.0642. The fraction of sp³-hybridized carbons (Fsp3) is 0.0800. The predicted octanol–water partition coefficient (Wildman–Crippen LogP) is 3.93. The van der Waals surface area contributed by atoms with Gasteiger partial charge in [0.05, 0.1) is 29.9 Å². The number of thiazole rings is 1. The molecule has 33 heavy (non-hydrogen) atoms. The zero-order chi connectivity index (χ0) is 22.8. The van der Waals surface area contributed by atoms with Gasteiger partial charge in [0.2, 0.25) is 0 Å². The van der Waals surface area contributed by atoms with Gasteiger partial charge in [-0.25, -0.2) is 4.98 Å². The third-order valence-electron chi connectivity index (χ3n) is 5.31. The summed E-state index contributed by atoms with van der Waals surface area (Å²) in [4.78, 5) is 48.1. The molecule has 0 bridgehead atoms. The number of rotatable bonds is 6. The summed E-state index contributed by atoms with van der Waals surface area (Å²) in [7, 11) is 0. The van der Waals surface area contributed by atoms with E-state index < -0.39 is 5.91 Å². The van der Waals surface area contributed by atoms with Crippen LogP contribution < -0.4 is 5.32 Å². The van der Waals surface area contributed by atoms with E-state index in [4.69, 9.17) is 0 Å². The summed E-state index contributed by atoms with van der Waals surface area (Å²) in [6, 6.07) is 17.7. The van der Waals surface area contributed by atoms with E-state index in [0.717, 1.165) is 21.8 Å². The van der Waals surface area contributed by atoms with Crippen molar-refractivity contribution in [3.63, 3.8) is 0 Å². The molecule has 3 heterocycles. The number of imide groups is 1. The lowest BCUT2D eigenvalue weighted by atomic mass is 10.1. The van der Waals surface area contributed by atoms with Crippen LogP contribution in [-0.4, -0.2) is 32.6 Å². The molecule has 162 valence electrons. The zero-order valence-corrected chi connectivity index (χ0v) is 18.2. The van der Waals surface area contributed by atoms with Crippen molar-refractivity contribution < 1.29 is 14.4 Å². The minimum absolute atomic E-state index is 0.192. The van der Waals surface area contributed by atoms with E-state index >= 15 is 0 Å². The molecule has 0 aliphatic carbocycles. The van der Waals surface area contributed by atoms with E-state index in [0.29, 0.717) is 11.1 Å². The van der Waals surface area contributed by atoms with Crippen molar-refractivity contribution in [3.8, 4) is 10.6 Å². The molecule has 0 radical (unpaired) electrons. The number of aromatic nitrogens is 2. The maximum Gasteiger partial charge on any atom is 0.261 e. The number of benzene rings is 2. The molecule has 0 unspecified atom stereocenters. The van der Waals surface area contributed by atoms with Gasteiger partial charge in [-0.3, -0.25) is 24.3 Å². The molecule has 0 saturated carbocycles. The topological polar surface area (TPSA) is 92.3 Å². The average molecular weight is 455 g/mol. The maximum atomic E-state index is 12.9. The van der Waals surface area contributed by atoms with Gasteiger partial charge < -0.3 is 5.32 Å². The third kappa shape index (κ3) is 4.16. The number of nitrogens with one attached hydrogen (secondary N) is 1. The summed E-state index contributed by atoms with van der Waals surface area (Å²) >= 11 is 1.48. The first-order valence-electron chi connectivity index (χ1n) is 10.3. The summed E-state index contributed by atoms with van der Waals surface area (Å²) < 4.78 is 0. The highest BCUT2D eigenvalue weighted by Gasteiger charge is 2.36. The monoisotopic (exact) mass is 454 g/mol. The van der Waals surface area contributed by atoms with Crippen LogP contribution in [0.15, 0.2) is 78.4 Å². The lowest BCUT2D eigenvalue weighted by Gasteiger charge is -2.13. The van der Waals surface area contributed by atoms with Crippen LogP contribution >= 0.6 is 11.3 Å². The van der Waals surface area contributed by atoms with Crippen LogP contribution in [0.3, 0.4) is 0 Å². The number of amides is 3. The smallest absolute Gasteiger partial charge is 0.261 e. The van der Waals surface area contributed by atoms with Gasteiger partial charge >= 0.3 is 0 Å². The molecule has 1 aliphatic rings. The summed E-state index contributed by atoms with van der Waals surface area (Å²) in [6.07, 6.45) is 3.44. The Morgan fingerprint density at radius 2 is 1.79 bits per heavy atom. The molecule has 3 amide bonds. The molecule has 0 atom stereocenters. The zero-order valence-electron chi connectivity index (χ0n) is 17.4. The molecular weight excluding hydrogens is 436 g/mol. The van der Waals surface area contributed by atoms with Gasteiger partial charge in [-0.15, -0.1) is 11.3 Å². The summed E-state index contributed by atoms with van der Waals surface area (Å²) in [6.45, 7) is 0.442. The third-order valence-corrected chi connectivity index (χ3v) is 6.25. The molecule has 1 N–H and O–H groups in total. The molecule has 7 nitrogen and oxygen atoms in total. The standard InChI is InChI=1S/C25H18N4O3S/c30-22(27-13-19-15-33-23(28-19)18-7-4-10-26-12-18)17-8-9-20-21(11-17)25(32)29(24(20)31)14-16-5-2-1-3-6-16/h1-12,15H,13-14H2,(H,27,30). The Bertz CT molecular complexity index is 1350. The Morgan fingerprint density at radius 1 is 0.970 bits per heavy atom. The number of pyridine rings is 1. The summed E-state index contributed by atoms with van der Waals surface area (Å²) in [5.74, 6) is -1.08. The van der Waals surface area contributed by atoms with E-state index in [1.807, 2.05) is 47.8 Å². The van der Waals surface area contributed by atoms with Crippen LogP contribution in [0.4, 0.5) is 0 Å². The molecule has 5 rings (SSSR count). The fourth-order valence-corrected chi connectivity index (χ4v) is 4.43. The van der Waals surface area contributed by atoms with Crippen LogP contribution in [0.2, 0.25) is 0 Å². The first-order chi connectivity index (χ1) is 16.1.